The summed E-state index contributed by atoms with van der Waals surface area (Å²) in [6.07, 6.45) is 3.31. The third-order valence-corrected chi connectivity index (χ3v) is 4.61. The Bertz CT molecular complexity index is 982. The molecule has 0 atom stereocenters. The van der Waals surface area contributed by atoms with Gasteiger partial charge in [0.25, 0.3) is 0 Å². The van der Waals surface area contributed by atoms with Crippen molar-refractivity contribution in [2.75, 3.05) is 17.2 Å². The number of anilines is 2. The number of rotatable bonds is 8. The van der Waals surface area contributed by atoms with Crippen LogP contribution in [0, 0.1) is 0 Å². The Morgan fingerprint density at radius 2 is 1.83 bits per heavy atom. The fourth-order valence-electron chi connectivity index (χ4n) is 2.50. The number of hydrogen-bond acceptors (Lipinski definition) is 5. The second-order valence-electron chi connectivity index (χ2n) is 6.06. The molecule has 0 radical (unpaired) electrons. The van der Waals surface area contributed by atoms with Crippen molar-refractivity contribution in [3.8, 4) is 5.75 Å². The van der Waals surface area contributed by atoms with E-state index in [2.05, 4.69) is 15.6 Å². The fraction of sp³-hybridized carbons (Fsp3) is 0.136. The van der Waals surface area contributed by atoms with Gasteiger partial charge >= 0.3 is 0 Å². The van der Waals surface area contributed by atoms with Gasteiger partial charge in [-0.3, -0.25) is 14.9 Å². The number of thiazole rings is 1. The number of hydrogen-bond donors (Lipinski definition) is 2. The van der Waals surface area contributed by atoms with E-state index in [-0.39, 0.29) is 18.2 Å². The second kappa shape index (κ2) is 10.2. The lowest BCUT2D eigenvalue weighted by Gasteiger charge is -2.06. The maximum Gasteiger partial charge on any atom is 0.250 e. The van der Waals surface area contributed by atoms with E-state index in [0.717, 1.165) is 11.3 Å². The lowest BCUT2D eigenvalue weighted by molar-refractivity contribution is -0.115. The van der Waals surface area contributed by atoms with Crippen LogP contribution in [0.2, 0.25) is 0 Å². The quantitative estimate of drug-likeness (QED) is 0.543. The number of aromatic nitrogens is 1. The summed E-state index contributed by atoms with van der Waals surface area (Å²) in [6, 6.07) is 16.7. The smallest absolute Gasteiger partial charge is 0.250 e. The highest BCUT2D eigenvalue weighted by Gasteiger charge is 2.09. The summed E-state index contributed by atoms with van der Waals surface area (Å²) in [6.45, 7) is 2.51. The van der Waals surface area contributed by atoms with Crippen LogP contribution < -0.4 is 15.4 Å². The number of ether oxygens (including phenoxy) is 1. The number of amides is 2. The SMILES string of the molecule is CCOc1ccc(NC(=O)Cc2csc(NC(=O)/C=C/c3ccccc3)n2)cc1. The normalized spacial score (nSPS) is 10.7. The van der Waals surface area contributed by atoms with Crippen LogP contribution in [0.1, 0.15) is 18.2 Å². The van der Waals surface area contributed by atoms with Crippen molar-refractivity contribution in [1.29, 1.82) is 0 Å². The molecule has 0 unspecified atom stereocenters. The van der Waals surface area contributed by atoms with E-state index >= 15 is 0 Å². The van der Waals surface area contributed by atoms with Crippen LogP contribution in [0.5, 0.6) is 5.75 Å². The van der Waals surface area contributed by atoms with Gasteiger partial charge in [0.15, 0.2) is 5.13 Å². The topological polar surface area (TPSA) is 80.3 Å². The predicted octanol–water partition coefficient (Wildman–Crippen LogP) is 4.37. The van der Waals surface area contributed by atoms with Gasteiger partial charge in [-0.2, -0.15) is 0 Å². The Labute approximate surface area is 173 Å². The monoisotopic (exact) mass is 407 g/mol. The minimum atomic E-state index is -0.270. The highest BCUT2D eigenvalue weighted by molar-refractivity contribution is 7.14. The van der Waals surface area contributed by atoms with Crippen molar-refractivity contribution >= 4 is 40.0 Å². The van der Waals surface area contributed by atoms with Crippen molar-refractivity contribution in [3.63, 3.8) is 0 Å². The van der Waals surface area contributed by atoms with Crippen molar-refractivity contribution in [2.24, 2.45) is 0 Å². The van der Waals surface area contributed by atoms with E-state index in [1.807, 2.05) is 37.3 Å². The van der Waals surface area contributed by atoms with E-state index < -0.39 is 0 Å². The lowest BCUT2D eigenvalue weighted by Crippen LogP contribution is -2.14. The summed E-state index contributed by atoms with van der Waals surface area (Å²) in [4.78, 5) is 28.5. The Kier molecular flexibility index (Phi) is 7.13. The molecule has 3 aromatic rings. The minimum absolute atomic E-state index is 0.124. The molecule has 1 heterocycles. The molecule has 6 nitrogen and oxygen atoms in total. The number of carbonyl (C=O) groups excluding carboxylic acids is 2. The molecular weight excluding hydrogens is 386 g/mol. The largest absolute Gasteiger partial charge is 0.494 e. The molecule has 0 saturated carbocycles. The molecule has 29 heavy (non-hydrogen) atoms. The zero-order valence-electron chi connectivity index (χ0n) is 15.9. The van der Waals surface area contributed by atoms with Gasteiger partial charge in [-0.05, 0) is 42.8 Å². The number of carbonyl (C=O) groups is 2. The third kappa shape index (κ3) is 6.58. The van der Waals surface area contributed by atoms with E-state index in [9.17, 15) is 9.59 Å². The van der Waals surface area contributed by atoms with Gasteiger partial charge in [-0.25, -0.2) is 4.98 Å². The van der Waals surface area contributed by atoms with Crippen LogP contribution in [-0.2, 0) is 16.0 Å². The Morgan fingerprint density at radius 1 is 1.07 bits per heavy atom. The second-order valence-corrected chi connectivity index (χ2v) is 6.92. The molecule has 0 aliphatic heterocycles. The summed E-state index contributed by atoms with van der Waals surface area (Å²) in [5, 5.41) is 7.74. The maximum atomic E-state index is 12.2. The van der Waals surface area contributed by atoms with Crippen LogP contribution in [0.4, 0.5) is 10.8 Å². The van der Waals surface area contributed by atoms with Crippen molar-refractivity contribution in [3.05, 3.63) is 77.3 Å². The third-order valence-electron chi connectivity index (χ3n) is 3.80. The van der Waals surface area contributed by atoms with Crippen LogP contribution >= 0.6 is 11.3 Å². The summed E-state index contributed by atoms with van der Waals surface area (Å²) in [5.74, 6) is 0.307. The average molecular weight is 407 g/mol. The summed E-state index contributed by atoms with van der Waals surface area (Å²) >= 11 is 1.28. The molecule has 148 valence electrons. The Balaban J connectivity index is 1.49. The fourth-order valence-corrected chi connectivity index (χ4v) is 3.21. The molecular formula is C22H21N3O3S. The minimum Gasteiger partial charge on any atom is -0.494 e. The lowest BCUT2D eigenvalue weighted by atomic mass is 10.2. The van der Waals surface area contributed by atoms with E-state index in [4.69, 9.17) is 4.74 Å². The first-order valence-corrected chi connectivity index (χ1v) is 10.0. The van der Waals surface area contributed by atoms with Crippen molar-refractivity contribution < 1.29 is 14.3 Å². The first kappa shape index (κ1) is 20.3. The summed E-state index contributed by atoms with van der Waals surface area (Å²) < 4.78 is 5.38. The number of benzene rings is 2. The summed E-state index contributed by atoms with van der Waals surface area (Å²) in [7, 11) is 0. The molecule has 2 aromatic carbocycles. The number of nitrogens with zero attached hydrogens (tertiary/aromatic N) is 1. The Hall–Kier alpha value is -3.45. The molecule has 3 rings (SSSR count). The molecule has 7 heteroatoms. The van der Waals surface area contributed by atoms with Gasteiger partial charge in [-0.1, -0.05) is 30.3 Å². The molecule has 0 fully saturated rings. The summed E-state index contributed by atoms with van der Waals surface area (Å²) in [5.41, 5.74) is 2.22. The van der Waals surface area contributed by atoms with E-state index in [1.165, 1.54) is 17.4 Å². The van der Waals surface area contributed by atoms with Crippen LogP contribution in [-0.4, -0.2) is 23.4 Å². The van der Waals surface area contributed by atoms with E-state index in [0.29, 0.717) is 23.1 Å². The molecule has 0 aliphatic carbocycles. The van der Waals surface area contributed by atoms with Crippen LogP contribution in [0.3, 0.4) is 0 Å². The standard InChI is InChI=1S/C22H21N3O3S/c1-2-28-19-11-9-17(10-12-19)23-21(27)14-18-15-29-22(24-18)25-20(26)13-8-16-6-4-3-5-7-16/h3-13,15H,2,14H2,1H3,(H,23,27)(H,24,25,26)/b13-8+. The first-order valence-electron chi connectivity index (χ1n) is 9.13. The first-order chi connectivity index (χ1) is 14.1. The van der Waals surface area contributed by atoms with Gasteiger partial charge in [0.1, 0.15) is 5.75 Å². The molecule has 0 aliphatic rings. The van der Waals surface area contributed by atoms with Gasteiger partial charge in [0.05, 0.1) is 18.7 Å². The highest BCUT2D eigenvalue weighted by atomic mass is 32.1. The van der Waals surface area contributed by atoms with Crippen molar-refractivity contribution in [2.45, 2.75) is 13.3 Å². The van der Waals surface area contributed by atoms with E-state index in [1.54, 1.807) is 35.7 Å². The highest BCUT2D eigenvalue weighted by Crippen LogP contribution is 2.18. The Morgan fingerprint density at radius 3 is 2.55 bits per heavy atom. The molecule has 0 spiro atoms. The van der Waals surface area contributed by atoms with Crippen LogP contribution in [0.25, 0.3) is 6.08 Å². The molecule has 0 bridgehead atoms. The molecule has 2 N–H and O–H groups in total. The number of nitrogens with one attached hydrogen (secondary N) is 2. The molecule has 0 saturated heterocycles. The average Bonchev–Trinajstić information content (AvgIpc) is 3.15. The van der Waals surface area contributed by atoms with Gasteiger partial charge < -0.3 is 10.1 Å². The predicted molar refractivity (Wildman–Crippen MR) is 116 cm³/mol. The van der Waals surface area contributed by atoms with Gasteiger partial charge in [0.2, 0.25) is 11.8 Å². The zero-order valence-corrected chi connectivity index (χ0v) is 16.7. The maximum absolute atomic E-state index is 12.2. The van der Waals surface area contributed by atoms with Gasteiger partial charge in [-0.15, -0.1) is 11.3 Å². The molecule has 2 amide bonds. The van der Waals surface area contributed by atoms with Crippen LogP contribution in [0.15, 0.2) is 66.1 Å². The molecule has 1 aromatic heterocycles. The van der Waals surface area contributed by atoms with Gasteiger partial charge in [0, 0.05) is 17.1 Å². The van der Waals surface area contributed by atoms with Crippen molar-refractivity contribution in [1.82, 2.24) is 4.98 Å². The zero-order chi connectivity index (χ0) is 20.5.